The van der Waals surface area contributed by atoms with Crippen LogP contribution in [0, 0.1) is 0 Å². The van der Waals surface area contributed by atoms with E-state index in [1.54, 1.807) is 6.07 Å². The normalized spacial score (nSPS) is 9.89. The smallest absolute Gasteiger partial charge is 0.302 e. The molecule has 5 heteroatoms. The standard InChI is InChI=1S/C13H16O5/c1-9(14)11-4-5-13(12(16)8-11)18-7-3-6-17-10(2)15/h4-5,8,16H,3,6-7H2,1-2H3. The van der Waals surface area contributed by atoms with Gasteiger partial charge in [0.2, 0.25) is 0 Å². The van der Waals surface area contributed by atoms with Gasteiger partial charge in [-0.05, 0) is 25.1 Å². The SMILES string of the molecule is CC(=O)OCCCOc1ccc(C(C)=O)cc1O. The van der Waals surface area contributed by atoms with Crippen molar-refractivity contribution in [3.8, 4) is 11.5 Å². The van der Waals surface area contributed by atoms with Crippen molar-refractivity contribution in [2.24, 2.45) is 0 Å². The summed E-state index contributed by atoms with van der Waals surface area (Å²) in [5, 5.41) is 9.62. The van der Waals surface area contributed by atoms with Crippen LogP contribution in [0.5, 0.6) is 11.5 Å². The molecule has 0 heterocycles. The fraction of sp³-hybridized carbons (Fsp3) is 0.385. The maximum Gasteiger partial charge on any atom is 0.302 e. The average Bonchev–Trinajstić information content (AvgIpc) is 2.29. The summed E-state index contributed by atoms with van der Waals surface area (Å²) < 4.78 is 10.0. The van der Waals surface area contributed by atoms with E-state index in [9.17, 15) is 14.7 Å². The third-order valence-corrected chi connectivity index (χ3v) is 2.22. The maximum absolute atomic E-state index is 11.1. The molecule has 0 atom stereocenters. The second-order valence-corrected chi connectivity index (χ2v) is 3.78. The Morgan fingerprint density at radius 3 is 2.50 bits per heavy atom. The van der Waals surface area contributed by atoms with Gasteiger partial charge in [-0.1, -0.05) is 0 Å². The Morgan fingerprint density at radius 1 is 1.22 bits per heavy atom. The van der Waals surface area contributed by atoms with E-state index in [2.05, 4.69) is 0 Å². The molecule has 0 unspecified atom stereocenters. The van der Waals surface area contributed by atoms with Crippen LogP contribution in [0.25, 0.3) is 0 Å². The van der Waals surface area contributed by atoms with Crippen molar-refractivity contribution in [3.05, 3.63) is 23.8 Å². The van der Waals surface area contributed by atoms with Gasteiger partial charge in [0, 0.05) is 18.9 Å². The summed E-state index contributed by atoms with van der Waals surface area (Å²) >= 11 is 0. The van der Waals surface area contributed by atoms with Gasteiger partial charge in [-0.2, -0.15) is 0 Å². The van der Waals surface area contributed by atoms with E-state index in [0.717, 1.165) is 0 Å². The molecule has 0 radical (unpaired) electrons. The minimum atomic E-state index is -0.330. The number of Topliss-reactive ketones (excluding diaryl/α,β-unsaturated/α-hetero) is 1. The Labute approximate surface area is 105 Å². The summed E-state index contributed by atoms with van der Waals surface area (Å²) in [7, 11) is 0. The molecule has 98 valence electrons. The van der Waals surface area contributed by atoms with Crippen LogP contribution >= 0.6 is 0 Å². The molecule has 1 aromatic carbocycles. The fourth-order valence-electron chi connectivity index (χ4n) is 1.32. The van der Waals surface area contributed by atoms with Gasteiger partial charge in [0.15, 0.2) is 17.3 Å². The van der Waals surface area contributed by atoms with Crippen molar-refractivity contribution in [3.63, 3.8) is 0 Å². The number of phenols is 1. The van der Waals surface area contributed by atoms with Crippen molar-refractivity contribution >= 4 is 11.8 Å². The molecular weight excluding hydrogens is 236 g/mol. The van der Waals surface area contributed by atoms with E-state index in [4.69, 9.17) is 9.47 Å². The lowest BCUT2D eigenvalue weighted by molar-refractivity contribution is -0.141. The zero-order valence-electron chi connectivity index (χ0n) is 10.4. The number of hydrogen-bond acceptors (Lipinski definition) is 5. The minimum absolute atomic E-state index is 0.0739. The molecule has 1 aromatic rings. The third kappa shape index (κ3) is 4.45. The Bertz CT molecular complexity index is 439. The molecular formula is C13H16O5. The highest BCUT2D eigenvalue weighted by Crippen LogP contribution is 2.26. The number of carbonyl (C=O) groups excluding carboxylic acids is 2. The topological polar surface area (TPSA) is 72.8 Å². The number of benzene rings is 1. The molecule has 0 bridgehead atoms. The van der Waals surface area contributed by atoms with Gasteiger partial charge in [-0.25, -0.2) is 0 Å². The van der Waals surface area contributed by atoms with Crippen LogP contribution in [0.1, 0.15) is 30.6 Å². The molecule has 18 heavy (non-hydrogen) atoms. The second kappa shape index (κ2) is 6.64. The van der Waals surface area contributed by atoms with E-state index in [-0.39, 0.29) is 24.1 Å². The summed E-state index contributed by atoms with van der Waals surface area (Å²) in [6.45, 7) is 3.36. The number of carbonyl (C=O) groups is 2. The number of ketones is 1. The summed E-state index contributed by atoms with van der Waals surface area (Å²) in [5.74, 6) is -0.214. The molecule has 0 aliphatic rings. The van der Waals surface area contributed by atoms with Crippen LogP contribution in [-0.4, -0.2) is 30.1 Å². The highest BCUT2D eigenvalue weighted by molar-refractivity contribution is 5.94. The zero-order valence-corrected chi connectivity index (χ0v) is 10.4. The molecule has 0 fully saturated rings. The van der Waals surface area contributed by atoms with Crippen molar-refractivity contribution < 1.29 is 24.2 Å². The van der Waals surface area contributed by atoms with Crippen LogP contribution in [0.15, 0.2) is 18.2 Å². The van der Waals surface area contributed by atoms with Crippen LogP contribution in [0.2, 0.25) is 0 Å². The van der Waals surface area contributed by atoms with Gasteiger partial charge in [0.25, 0.3) is 0 Å². The number of hydrogen-bond donors (Lipinski definition) is 1. The van der Waals surface area contributed by atoms with E-state index in [1.807, 2.05) is 0 Å². The molecule has 0 amide bonds. The average molecular weight is 252 g/mol. The first-order valence-electron chi connectivity index (χ1n) is 5.61. The molecule has 1 rings (SSSR count). The first-order chi connectivity index (χ1) is 8.50. The summed E-state index contributed by atoms with van der Waals surface area (Å²) in [6, 6.07) is 4.49. The molecule has 0 spiro atoms. The maximum atomic E-state index is 11.1. The molecule has 0 aliphatic heterocycles. The number of rotatable bonds is 6. The van der Waals surface area contributed by atoms with Crippen molar-refractivity contribution in [2.75, 3.05) is 13.2 Å². The van der Waals surface area contributed by atoms with Crippen molar-refractivity contribution in [2.45, 2.75) is 20.3 Å². The van der Waals surface area contributed by atoms with Crippen LogP contribution in [0.4, 0.5) is 0 Å². The van der Waals surface area contributed by atoms with E-state index in [1.165, 1.54) is 26.0 Å². The first kappa shape index (κ1) is 14.0. The number of phenolic OH excluding ortho intramolecular Hbond substituents is 1. The lowest BCUT2D eigenvalue weighted by atomic mass is 10.1. The van der Waals surface area contributed by atoms with Crippen molar-refractivity contribution in [1.29, 1.82) is 0 Å². The van der Waals surface area contributed by atoms with Crippen LogP contribution < -0.4 is 4.74 Å². The Hall–Kier alpha value is -2.04. The Morgan fingerprint density at radius 2 is 1.94 bits per heavy atom. The zero-order chi connectivity index (χ0) is 13.5. The Balaban J connectivity index is 2.43. The number of esters is 1. The third-order valence-electron chi connectivity index (χ3n) is 2.22. The van der Waals surface area contributed by atoms with Crippen LogP contribution in [-0.2, 0) is 9.53 Å². The van der Waals surface area contributed by atoms with E-state index in [0.29, 0.717) is 24.3 Å². The lowest BCUT2D eigenvalue weighted by Crippen LogP contribution is -2.06. The fourth-order valence-corrected chi connectivity index (χ4v) is 1.32. The molecule has 5 nitrogen and oxygen atoms in total. The minimum Gasteiger partial charge on any atom is -0.504 e. The lowest BCUT2D eigenvalue weighted by Gasteiger charge is -2.08. The van der Waals surface area contributed by atoms with Gasteiger partial charge in [-0.15, -0.1) is 0 Å². The predicted octanol–water partition coefficient (Wildman–Crippen LogP) is 1.93. The highest BCUT2D eigenvalue weighted by atomic mass is 16.5. The summed E-state index contributed by atoms with van der Waals surface area (Å²) in [6.07, 6.45) is 0.535. The largest absolute Gasteiger partial charge is 0.504 e. The molecule has 0 saturated carbocycles. The molecule has 0 saturated heterocycles. The van der Waals surface area contributed by atoms with E-state index >= 15 is 0 Å². The number of ether oxygens (including phenoxy) is 2. The molecule has 0 aromatic heterocycles. The monoisotopic (exact) mass is 252 g/mol. The van der Waals surface area contributed by atoms with Crippen molar-refractivity contribution in [1.82, 2.24) is 0 Å². The highest BCUT2D eigenvalue weighted by Gasteiger charge is 2.06. The van der Waals surface area contributed by atoms with Gasteiger partial charge in [0.1, 0.15) is 0 Å². The Kier molecular flexibility index (Phi) is 5.17. The van der Waals surface area contributed by atoms with Crippen LogP contribution in [0.3, 0.4) is 0 Å². The second-order valence-electron chi connectivity index (χ2n) is 3.78. The summed E-state index contributed by atoms with van der Waals surface area (Å²) in [5.41, 5.74) is 0.430. The van der Waals surface area contributed by atoms with E-state index < -0.39 is 0 Å². The molecule has 1 N–H and O–H groups in total. The predicted molar refractivity (Wildman–Crippen MR) is 64.9 cm³/mol. The number of aromatic hydroxyl groups is 1. The van der Waals surface area contributed by atoms with Gasteiger partial charge in [0.05, 0.1) is 13.2 Å². The quantitative estimate of drug-likeness (QED) is 0.475. The first-order valence-corrected chi connectivity index (χ1v) is 5.61. The van der Waals surface area contributed by atoms with Gasteiger partial charge in [-0.3, -0.25) is 9.59 Å². The summed E-state index contributed by atoms with van der Waals surface area (Å²) in [4.78, 5) is 21.6. The van der Waals surface area contributed by atoms with Gasteiger partial charge >= 0.3 is 5.97 Å². The molecule has 0 aliphatic carbocycles. The van der Waals surface area contributed by atoms with Gasteiger partial charge < -0.3 is 14.6 Å².